The molecule has 7 heteroatoms. The number of methoxy groups -OCH3 is 2. The number of fused-ring (bicyclic) bond motifs is 1. The summed E-state index contributed by atoms with van der Waals surface area (Å²) in [5, 5.41) is 2.87. The van der Waals surface area contributed by atoms with Gasteiger partial charge in [-0.05, 0) is 12.1 Å². The van der Waals surface area contributed by atoms with Gasteiger partial charge in [0.25, 0.3) is 0 Å². The van der Waals surface area contributed by atoms with Gasteiger partial charge in [-0.15, -0.1) is 0 Å². The van der Waals surface area contributed by atoms with Crippen molar-refractivity contribution < 1.29 is 23.8 Å². The van der Waals surface area contributed by atoms with Gasteiger partial charge in [-0.1, -0.05) is 12.1 Å². The molecule has 0 aromatic heterocycles. The number of ether oxygens (including phenoxy) is 3. The lowest BCUT2D eigenvalue weighted by Crippen LogP contribution is -2.45. The number of benzene rings is 2. The van der Waals surface area contributed by atoms with E-state index in [4.69, 9.17) is 14.2 Å². The molecule has 146 valence electrons. The van der Waals surface area contributed by atoms with Crippen LogP contribution in [-0.2, 0) is 0 Å². The second-order valence-corrected chi connectivity index (χ2v) is 7.08. The first-order chi connectivity index (χ1) is 13.5. The van der Waals surface area contributed by atoms with Crippen LogP contribution in [0.1, 0.15) is 23.2 Å². The molecule has 0 saturated carbocycles. The lowest BCUT2D eigenvalue weighted by molar-refractivity contribution is 0.0482. The van der Waals surface area contributed by atoms with Crippen molar-refractivity contribution in [2.75, 3.05) is 32.6 Å². The summed E-state index contributed by atoms with van der Waals surface area (Å²) >= 11 is 0. The minimum atomic E-state index is -0.658. The standard InChI is InChI=1S/C21H22N2O5/c1-26-15-9-14(10-16(11-15)27-2)22-20(25)23-8-7-21(13-23)12-18(24)17-5-3-4-6-19(17)28-21/h3-6,9-11H,7-8,12-13H2,1-2H3,(H,22,25). The number of anilines is 1. The van der Waals surface area contributed by atoms with E-state index in [-0.39, 0.29) is 18.2 Å². The predicted octanol–water partition coefficient (Wildman–Crippen LogP) is 3.35. The fourth-order valence-corrected chi connectivity index (χ4v) is 3.77. The first-order valence-corrected chi connectivity index (χ1v) is 9.12. The molecule has 1 saturated heterocycles. The summed E-state index contributed by atoms with van der Waals surface area (Å²) in [5.74, 6) is 1.83. The van der Waals surface area contributed by atoms with Crippen molar-refractivity contribution in [2.45, 2.75) is 18.4 Å². The predicted molar refractivity (Wildman–Crippen MR) is 104 cm³/mol. The third-order valence-electron chi connectivity index (χ3n) is 5.20. The Morgan fingerprint density at radius 2 is 1.86 bits per heavy atom. The number of para-hydroxylation sites is 1. The highest BCUT2D eigenvalue weighted by molar-refractivity contribution is 6.00. The average Bonchev–Trinajstić information content (AvgIpc) is 3.10. The smallest absolute Gasteiger partial charge is 0.321 e. The van der Waals surface area contributed by atoms with Crippen LogP contribution in [0.15, 0.2) is 42.5 Å². The maximum absolute atomic E-state index is 12.8. The van der Waals surface area contributed by atoms with Crippen molar-refractivity contribution in [3.8, 4) is 17.2 Å². The normalized spacial score (nSPS) is 20.5. The van der Waals surface area contributed by atoms with Crippen molar-refractivity contribution in [1.29, 1.82) is 0 Å². The molecule has 0 radical (unpaired) electrons. The number of nitrogens with one attached hydrogen (secondary N) is 1. The Labute approximate surface area is 163 Å². The number of hydrogen-bond donors (Lipinski definition) is 1. The van der Waals surface area contributed by atoms with E-state index >= 15 is 0 Å². The molecule has 2 amide bonds. The Morgan fingerprint density at radius 3 is 2.57 bits per heavy atom. The lowest BCUT2D eigenvalue weighted by atomic mass is 9.89. The molecule has 28 heavy (non-hydrogen) atoms. The van der Waals surface area contributed by atoms with E-state index in [1.54, 1.807) is 49.5 Å². The van der Waals surface area contributed by atoms with Crippen molar-refractivity contribution in [3.05, 3.63) is 48.0 Å². The highest BCUT2D eigenvalue weighted by atomic mass is 16.5. The number of carbonyl (C=O) groups excluding carboxylic acids is 2. The average molecular weight is 382 g/mol. The van der Waals surface area contributed by atoms with Gasteiger partial charge in [-0.25, -0.2) is 4.79 Å². The van der Waals surface area contributed by atoms with Gasteiger partial charge in [0.2, 0.25) is 0 Å². The molecule has 7 nitrogen and oxygen atoms in total. The van der Waals surface area contributed by atoms with Crippen molar-refractivity contribution in [2.24, 2.45) is 0 Å². The molecule has 1 N–H and O–H groups in total. The summed E-state index contributed by atoms with van der Waals surface area (Å²) in [7, 11) is 3.11. The summed E-state index contributed by atoms with van der Waals surface area (Å²) in [4.78, 5) is 27.0. The van der Waals surface area contributed by atoms with E-state index in [1.165, 1.54) is 0 Å². The quantitative estimate of drug-likeness (QED) is 0.881. The number of carbonyl (C=O) groups is 2. The third kappa shape index (κ3) is 3.35. The maximum atomic E-state index is 12.8. The van der Waals surface area contributed by atoms with Gasteiger partial charge in [-0.3, -0.25) is 4.79 Å². The number of ketones is 1. The fraction of sp³-hybridized carbons (Fsp3) is 0.333. The molecule has 1 atom stereocenters. The SMILES string of the molecule is COc1cc(NC(=O)N2CCC3(CC(=O)c4ccccc4O3)C2)cc(OC)c1. The number of nitrogens with zero attached hydrogens (tertiary/aromatic N) is 1. The molecular weight excluding hydrogens is 360 g/mol. The van der Waals surface area contributed by atoms with E-state index in [0.29, 0.717) is 48.0 Å². The molecule has 0 aliphatic carbocycles. The molecule has 2 heterocycles. The number of urea groups is 1. The Hall–Kier alpha value is -3.22. The summed E-state index contributed by atoms with van der Waals surface area (Å²) in [6.45, 7) is 0.877. The molecule has 2 aliphatic heterocycles. The number of rotatable bonds is 3. The van der Waals surface area contributed by atoms with Crippen LogP contribution in [0.2, 0.25) is 0 Å². The van der Waals surface area contributed by atoms with Gasteiger partial charge in [0.1, 0.15) is 22.8 Å². The fourth-order valence-electron chi connectivity index (χ4n) is 3.77. The number of Topliss-reactive ketones (excluding diaryl/α,β-unsaturated/α-hetero) is 1. The van der Waals surface area contributed by atoms with Crippen LogP contribution >= 0.6 is 0 Å². The van der Waals surface area contributed by atoms with Crippen molar-refractivity contribution >= 4 is 17.5 Å². The monoisotopic (exact) mass is 382 g/mol. The van der Waals surface area contributed by atoms with E-state index in [1.807, 2.05) is 12.1 Å². The second kappa shape index (κ2) is 7.07. The van der Waals surface area contributed by atoms with E-state index in [0.717, 1.165) is 0 Å². The van der Waals surface area contributed by atoms with Crippen LogP contribution in [0.4, 0.5) is 10.5 Å². The van der Waals surface area contributed by atoms with Crippen molar-refractivity contribution in [1.82, 2.24) is 4.90 Å². The zero-order valence-corrected chi connectivity index (χ0v) is 15.9. The van der Waals surface area contributed by atoms with E-state index < -0.39 is 5.60 Å². The Kier molecular flexibility index (Phi) is 4.58. The van der Waals surface area contributed by atoms with Crippen molar-refractivity contribution in [3.63, 3.8) is 0 Å². The van der Waals surface area contributed by atoms with Crippen LogP contribution < -0.4 is 19.5 Å². The first-order valence-electron chi connectivity index (χ1n) is 9.12. The first kappa shape index (κ1) is 18.2. The van der Waals surface area contributed by atoms with Gasteiger partial charge in [0, 0.05) is 36.9 Å². The number of amides is 2. The van der Waals surface area contributed by atoms with Gasteiger partial charge >= 0.3 is 6.03 Å². The summed E-state index contributed by atoms with van der Waals surface area (Å²) in [6.07, 6.45) is 0.892. The molecule has 2 aliphatic rings. The van der Waals surface area contributed by atoms with Crippen LogP contribution in [0, 0.1) is 0 Å². The van der Waals surface area contributed by atoms with Crippen LogP contribution in [0.3, 0.4) is 0 Å². The Balaban J connectivity index is 1.48. The lowest BCUT2D eigenvalue weighted by Gasteiger charge is -2.34. The molecule has 0 bridgehead atoms. The van der Waals surface area contributed by atoms with Gasteiger partial charge in [0.05, 0.1) is 32.7 Å². The summed E-state index contributed by atoms with van der Waals surface area (Å²) < 4.78 is 16.6. The second-order valence-electron chi connectivity index (χ2n) is 7.08. The molecular formula is C21H22N2O5. The van der Waals surface area contributed by atoms with Gasteiger partial charge < -0.3 is 24.4 Å². The summed E-state index contributed by atoms with van der Waals surface area (Å²) in [5.41, 5.74) is 0.530. The minimum absolute atomic E-state index is 0.0571. The Bertz CT molecular complexity index is 907. The zero-order valence-electron chi connectivity index (χ0n) is 15.9. The maximum Gasteiger partial charge on any atom is 0.321 e. The molecule has 1 fully saturated rings. The minimum Gasteiger partial charge on any atom is -0.497 e. The van der Waals surface area contributed by atoms with Crippen LogP contribution in [0.25, 0.3) is 0 Å². The van der Waals surface area contributed by atoms with E-state index in [9.17, 15) is 9.59 Å². The number of hydrogen-bond acceptors (Lipinski definition) is 5. The third-order valence-corrected chi connectivity index (χ3v) is 5.20. The van der Waals surface area contributed by atoms with Gasteiger partial charge in [-0.2, -0.15) is 0 Å². The summed E-state index contributed by atoms with van der Waals surface area (Å²) in [6, 6.07) is 12.2. The largest absolute Gasteiger partial charge is 0.497 e. The molecule has 2 aromatic rings. The topological polar surface area (TPSA) is 77.1 Å². The highest BCUT2D eigenvalue weighted by Gasteiger charge is 2.47. The molecule has 1 spiro atoms. The highest BCUT2D eigenvalue weighted by Crippen LogP contribution is 2.38. The molecule has 2 aromatic carbocycles. The van der Waals surface area contributed by atoms with Crippen LogP contribution in [0.5, 0.6) is 17.2 Å². The molecule has 1 unspecified atom stereocenters. The zero-order chi connectivity index (χ0) is 19.7. The molecule has 4 rings (SSSR count). The van der Waals surface area contributed by atoms with E-state index in [2.05, 4.69) is 5.32 Å². The van der Waals surface area contributed by atoms with Crippen LogP contribution in [-0.4, -0.2) is 49.6 Å². The Morgan fingerprint density at radius 1 is 1.14 bits per heavy atom. The van der Waals surface area contributed by atoms with Gasteiger partial charge in [0.15, 0.2) is 5.78 Å². The number of likely N-dealkylation sites (tertiary alicyclic amines) is 1.